The first-order valence-electron chi connectivity index (χ1n) is 6.25. The number of amides is 1. The van der Waals surface area contributed by atoms with E-state index in [0.717, 1.165) is 5.56 Å². The van der Waals surface area contributed by atoms with Gasteiger partial charge in [0.1, 0.15) is 6.61 Å². The number of carbonyl (C=O) groups excluding carboxylic acids is 1. The van der Waals surface area contributed by atoms with Crippen molar-refractivity contribution in [2.75, 3.05) is 7.05 Å². The van der Waals surface area contributed by atoms with Crippen LogP contribution in [0.2, 0.25) is 0 Å². The molecule has 110 valence electrons. The van der Waals surface area contributed by atoms with E-state index in [0.29, 0.717) is 12.8 Å². The monoisotopic (exact) mass is 317 g/mol. The van der Waals surface area contributed by atoms with Gasteiger partial charge < -0.3 is 9.64 Å². The zero-order chi connectivity index (χ0) is 14.8. The lowest BCUT2D eigenvalue weighted by Gasteiger charge is -2.38. The van der Waals surface area contributed by atoms with Gasteiger partial charge in [0.15, 0.2) is 0 Å². The van der Waals surface area contributed by atoms with Crippen molar-refractivity contribution in [1.29, 1.82) is 0 Å². The maximum absolute atomic E-state index is 11.8. The van der Waals surface area contributed by atoms with Crippen LogP contribution in [0, 0.1) is 0 Å². The van der Waals surface area contributed by atoms with E-state index in [4.69, 9.17) is 15.4 Å². The highest BCUT2D eigenvalue weighted by atomic mass is 35.7. The largest absolute Gasteiger partial charge is 0.445 e. The summed E-state index contributed by atoms with van der Waals surface area (Å²) in [7, 11) is 3.35. The predicted molar refractivity (Wildman–Crippen MR) is 76.0 cm³/mol. The Morgan fingerprint density at radius 3 is 2.50 bits per heavy atom. The molecule has 0 spiro atoms. The zero-order valence-corrected chi connectivity index (χ0v) is 12.6. The molecule has 1 amide bonds. The number of hydrogen-bond acceptors (Lipinski definition) is 4. The van der Waals surface area contributed by atoms with Crippen LogP contribution in [0.1, 0.15) is 18.4 Å². The van der Waals surface area contributed by atoms with Crippen molar-refractivity contribution >= 4 is 25.8 Å². The topological polar surface area (TPSA) is 63.7 Å². The van der Waals surface area contributed by atoms with Crippen molar-refractivity contribution < 1.29 is 17.9 Å². The Morgan fingerprint density at radius 1 is 1.35 bits per heavy atom. The summed E-state index contributed by atoms with van der Waals surface area (Å²) < 4.78 is 27.4. The fourth-order valence-corrected chi connectivity index (χ4v) is 3.39. The van der Waals surface area contributed by atoms with Crippen molar-refractivity contribution in [2.24, 2.45) is 0 Å². The highest BCUT2D eigenvalue weighted by Crippen LogP contribution is 2.32. The van der Waals surface area contributed by atoms with Gasteiger partial charge in [-0.15, -0.1) is 0 Å². The van der Waals surface area contributed by atoms with Crippen LogP contribution in [0.15, 0.2) is 30.3 Å². The second kappa shape index (κ2) is 6.01. The third-order valence-corrected chi connectivity index (χ3v) is 5.45. The van der Waals surface area contributed by atoms with E-state index in [1.807, 2.05) is 30.3 Å². The minimum atomic E-state index is -3.52. The molecule has 0 saturated heterocycles. The Morgan fingerprint density at radius 2 is 1.95 bits per heavy atom. The molecule has 1 aromatic carbocycles. The predicted octanol–water partition coefficient (Wildman–Crippen LogP) is 2.35. The van der Waals surface area contributed by atoms with Crippen molar-refractivity contribution in [3.8, 4) is 0 Å². The summed E-state index contributed by atoms with van der Waals surface area (Å²) in [6, 6.07) is 9.23. The fourth-order valence-electron chi connectivity index (χ4n) is 2.05. The fraction of sp³-hybridized carbons (Fsp3) is 0.462. The molecule has 0 bridgehead atoms. The molecule has 0 N–H and O–H groups in total. The van der Waals surface area contributed by atoms with Gasteiger partial charge in [0, 0.05) is 23.8 Å². The summed E-state index contributed by atoms with van der Waals surface area (Å²) in [4.78, 5) is 13.3. The molecule has 1 aliphatic carbocycles. The third kappa shape index (κ3) is 3.64. The second-order valence-electron chi connectivity index (χ2n) is 4.87. The minimum Gasteiger partial charge on any atom is -0.445 e. The van der Waals surface area contributed by atoms with Crippen LogP contribution in [-0.2, 0) is 20.4 Å². The molecule has 20 heavy (non-hydrogen) atoms. The van der Waals surface area contributed by atoms with Gasteiger partial charge in [0.05, 0.1) is 5.25 Å². The van der Waals surface area contributed by atoms with E-state index in [1.165, 1.54) is 4.90 Å². The van der Waals surface area contributed by atoms with Crippen LogP contribution in [0.25, 0.3) is 0 Å². The third-order valence-electron chi connectivity index (χ3n) is 3.51. The number of hydrogen-bond donors (Lipinski definition) is 0. The van der Waals surface area contributed by atoms with E-state index in [-0.39, 0.29) is 12.6 Å². The smallest absolute Gasteiger partial charge is 0.410 e. The number of rotatable bonds is 4. The average Bonchev–Trinajstić information content (AvgIpc) is 2.33. The Balaban J connectivity index is 1.79. The van der Waals surface area contributed by atoms with E-state index in [1.54, 1.807) is 7.05 Å². The molecule has 1 aromatic rings. The molecule has 0 unspecified atom stereocenters. The molecule has 0 aliphatic heterocycles. The van der Waals surface area contributed by atoms with Gasteiger partial charge in [0.2, 0.25) is 9.05 Å². The summed E-state index contributed by atoms with van der Waals surface area (Å²) in [5.74, 6) is 0. The van der Waals surface area contributed by atoms with Gasteiger partial charge in [-0.05, 0) is 18.4 Å². The molecular weight excluding hydrogens is 302 g/mol. The summed E-state index contributed by atoms with van der Waals surface area (Å²) in [6.45, 7) is 0.202. The summed E-state index contributed by atoms with van der Waals surface area (Å²) in [6.07, 6.45) is 0.273. The summed E-state index contributed by atoms with van der Waals surface area (Å²) >= 11 is 0. The number of halogens is 1. The molecule has 0 aromatic heterocycles. The number of benzene rings is 1. The summed E-state index contributed by atoms with van der Waals surface area (Å²) in [5.41, 5.74) is 0.907. The average molecular weight is 318 g/mol. The zero-order valence-electron chi connectivity index (χ0n) is 11.0. The maximum atomic E-state index is 11.8. The molecule has 0 atom stereocenters. The van der Waals surface area contributed by atoms with E-state index >= 15 is 0 Å². The number of carbonyl (C=O) groups is 1. The standard InChI is InChI=1S/C13H16ClNO4S/c1-15(11-7-12(8-11)20(14,17)18)13(16)19-9-10-5-3-2-4-6-10/h2-6,11-12H,7-9H2,1H3. The molecule has 1 aliphatic rings. The van der Waals surface area contributed by atoms with Gasteiger partial charge in [-0.25, -0.2) is 13.2 Å². The first kappa shape index (κ1) is 15.1. The Hall–Kier alpha value is -1.27. The van der Waals surface area contributed by atoms with E-state index in [9.17, 15) is 13.2 Å². The Labute approximate surface area is 122 Å². The Bertz CT molecular complexity index is 569. The van der Waals surface area contributed by atoms with Crippen molar-refractivity contribution in [3.05, 3.63) is 35.9 Å². The van der Waals surface area contributed by atoms with Crippen LogP contribution >= 0.6 is 10.7 Å². The van der Waals surface area contributed by atoms with Crippen LogP contribution in [0.3, 0.4) is 0 Å². The molecule has 1 fully saturated rings. The van der Waals surface area contributed by atoms with Crippen LogP contribution in [-0.4, -0.2) is 37.8 Å². The van der Waals surface area contributed by atoms with Gasteiger partial charge in [-0.2, -0.15) is 0 Å². The first-order valence-corrected chi connectivity index (χ1v) is 8.62. The van der Waals surface area contributed by atoms with Crippen LogP contribution < -0.4 is 0 Å². The highest BCUT2D eigenvalue weighted by Gasteiger charge is 2.41. The molecule has 5 nitrogen and oxygen atoms in total. The molecule has 0 radical (unpaired) electrons. The normalized spacial score (nSPS) is 21.9. The Kier molecular flexibility index (Phi) is 4.55. The van der Waals surface area contributed by atoms with E-state index in [2.05, 4.69) is 0 Å². The quantitative estimate of drug-likeness (QED) is 0.800. The lowest BCUT2D eigenvalue weighted by atomic mass is 9.91. The van der Waals surface area contributed by atoms with Crippen LogP contribution in [0.4, 0.5) is 4.79 Å². The van der Waals surface area contributed by atoms with Crippen LogP contribution in [0.5, 0.6) is 0 Å². The molecular formula is C13H16ClNO4S. The molecule has 2 rings (SSSR count). The van der Waals surface area contributed by atoms with Gasteiger partial charge in [0.25, 0.3) is 0 Å². The molecule has 7 heteroatoms. The van der Waals surface area contributed by atoms with E-state index < -0.39 is 20.4 Å². The van der Waals surface area contributed by atoms with Gasteiger partial charge in [-0.1, -0.05) is 30.3 Å². The first-order chi connectivity index (χ1) is 9.38. The number of nitrogens with zero attached hydrogens (tertiary/aromatic N) is 1. The van der Waals surface area contributed by atoms with Gasteiger partial charge >= 0.3 is 6.09 Å². The summed E-state index contributed by atoms with van der Waals surface area (Å²) in [5, 5.41) is -0.557. The lowest BCUT2D eigenvalue weighted by Crippen LogP contribution is -2.49. The maximum Gasteiger partial charge on any atom is 0.410 e. The second-order valence-corrected chi connectivity index (χ2v) is 7.78. The van der Waals surface area contributed by atoms with Crippen molar-refractivity contribution in [3.63, 3.8) is 0 Å². The SMILES string of the molecule is CN(C(=O)OCc1ccccc1)C1CC(S(=O)(=O)Cl)C1. The highest BCUT2D eigenvalue weighted by molar-refractivity contribution is 8.14. The number of ether oxygens (including phenoxy) is 1. The van der Waals surface area contributed by atoms with Crippen molar-refractivity contribution in [2.45, 2.75) is 30.7 Å². The lowest BCUT2D eigenvalue weighted by molar-refractivity contribution is 0.0758. The van der Waals surface area contributed by atoms with Gasteiger partial charge in [-0.3, -0.25) is 0 Å². The molecule has 1 saturated carbocycles. The molecule has 0 heterocycles. The van der Waals surface area contributed by atoms with Crippen molar-refractivity contribution in [1.82, 2.24) is 4.90 Å². The minimum absolute atomic E-state index is 0.128.